The van der Waals surface area contributed by atoms with Crippen LogP contribution in [0.1, 0.15) is 41.5 Å². The molecule has 1 fully saturated rings. The molecule has 0 aliphatic carbocycles. The number of benzene rings is 2. The summed E-state index contributed by atoms with van der Waals surface area (Å²) in [7, 11) is 0. The summed E-state index contributed by atoms with van der Waals surface area (Å²) in [5.74, 6) is 1.56. The van der Waals surface area contributed by atoms with Crippen molar-refractivity contribution in [1.29, 1.82) is 0 Å². The Labute approximate surface area is 188 Å². The SMILES string of the molecule is c1ccc(CC2CCN(C(c3ccccn3)c3nnnn3Cc3ccccc3)CC2)cc1. The Hall–Kier alpha value is -3.38. The number of hydrogen-bond acceptors (Lipinski definition) is 5. The molecule has 1 atom stereocenters. The van der Waals surface area contributed by atoms with Crippen LogP contribution >= 0.6 is 0 Å². The number of nitrogens with zero attached hydrogens (tertiary/aromatic N) is 6. The first-order chi connectivity index (χ1) is 15.9. The molecule has 6 heteroatoms. The summed E-state index contributed by atoms with van der Waals surface area (Å²) < 4.78 is 1.92. The molecule has 2 aromatic carbocycles. The third-order valence-electron chi connectivity index (χ3n) is 6.33. The highest BCUT2D eigenvalue weighted by molar-refractivity contribution is 5.20. The lowest BCUT2D eigenvalue weighted by Crippen LogP contribution is -2.39. The van der Waals surface area contributed by atoms with Crippen molar-refractivity contribution in [1.82, 2.24) is 30.1 Å². The summed E-state index contributed by atoms with van der Waals surface area (Å²) in [4.78, 5) is 7.19. The third kappa shape index (κ3) is 4.75. The monoisotopic (exact) mass is 424 g/mol. The molecule has 0 saturated carbocycles. The van der Waals surface area contributed by atoms with Crippen LogP contribution in [-0.4, -0.2) is 43.2 Å². The topological polar surface area (TPSA) is 59.7 Å². The lowest BCUT2D eigenvalue weighted by Gasteiger charge is -2.36. The van der Waals surface area contributed by atoms with Crippen LogP contribution < -0.4 is 0 Å². The molecule has 0 bridgehead atoms. The van der Waals surface area contributed by atoms with Gasteiger partial charge in [-0.05, 0) is 72.0 Å². The Balaban J connectivity index is 1.36. The van der Waals surface area contributed by atoms with Crippen LogP contribution in [0.25, 0.3) is 0 Å². The van der Waals surface area contributed by atoms with Gasteiger partial charge in [-0.3, -0.25) is 9.88 Å². The highest BCUT2D eigenvalue weighted by atomic mass is 15.5. The Morgan fingerprint density at radius 2 is 1.50 bits per heavy atom. The summed E-state index contributed by atoms with van der Waals surface area (Å²) in [6.07, 6.45) is 5.33. The summed E-state index contributed by atoms with van der Waals surface area (Å²) in [6.45, 7) is 2.67. The van der Waals surface area contributed by atoms with E-state index < -0.39 is 0 Å². The van der Waals surface area contributed by atoms with E-state index >= 15 is 0 Å². The molecule has 0 N–H and O–H groups in total. The van der Waals surface area contributed by atoms with E-state index in [1.807, 2.05) is 41.2 Å². The average molecular weight is 425 g/mol. The van der Waals surface area contributed by atoms with E-state index in [0.29, 0.717) is 12.5 Å². The van der Waals surface area contributed by atoms with Crippen LogP contribution in [0.5, 0.6) is 0 Å². The Kier molecular flexibility index (Phi) is 6.30. The van der Waals surface area contributed by atoms with Crippen molar-refractivity contribution in [3.63, 3.8) is 0 Å². The minimum atomic E-state index is -0.0485. The first kappa shape index (κ1) is 20.5. The molecule has 6 nitrogen and oxygen atoms in total. The first-order valence-corrected chi connectivity index (χ1v) is 11.4. The minimum Gasteiger partial charge on any atom is -0.288 e. The highest BCUT2D eigenvalue weighted by Gasteiger charge is 2.32. The van der Waals surface area contributed by atoms with Crippen LogP contribution in [0.2, 0.25) is 0 Å². The maximum atomic E-state index is 4.69. The van der Waals surface area contributed by atoms with Gasteiger partial charge in [0.05, 0.1) is 12.2 Å². The van der Waals surface area contributed by atoms with Crippen LogP contribution in [0.4, 0.5) is 0 Å². The largest absolute Gasteiger partial charge is 0.288 e. The van der Waals surface area contributed by atoms with E-state index in [1.54, 1.807) is 0 Å². The van der Waals surface area contributed by atoms with Crippen LogP contribution in [0, 0.1) is 5.92 Å². The second kappa shape index (κ2) is 9.83. The quantitative estimate of drug-likeness (QED) is 0.446. The zero-order valence-corrected chi connectivity index (χ0v) is 18.2. The molecule has 1 aliphatic heterocycles. The van der Waals surface area contributed by atoms with Gasteiger partial charge in [0.1, 0.15) is 6.04 Å². The van der Waals surface area contributed by atoms with Crippen LogP contribution in [-0.2, 0) is 13.0 Å². The van der Waals surface area contributed by atoms with Crippen molar-refractivity contribution in [3.8, 4) is 0 Å². The normalized spacial score (nSPS) is 16.1. The average Bonchev–Trinajstić information content (AvgIpc) is 3.30. The number of aromatic nitrogens is 5. The Bertz CT molecular complexity index is 1090. The lowest BCUT2D eigenvalue weighted by atomic mass is 9.89. The van der Waals surface area contributed by atoms with Crippen molar-refractivity contribution in [2.75, 3.05) is 13.1 Å². The van der Waals surface area contributed by atoms with E-state index in [2.05, 4.69) is 69.0 Å². The Morgan fingerprint density at radius 1 is 0.812 bits per heavy atom. The van der Waals surface area contributed by atoms with Gasteiger partial charge in [-0.15, -0.1) is 5.10 Å². The summed E-state index contributed by atoms with van der Waals surface area (Å²) in [6, 6.07) is 27.2. The molecule has 2 aromatic heterocycles. The van der Waals surface area contributed by atoms with Gasteiger partial charge in [0, 0.05) is 6.20 Å². The fraction of sp³-hybridized carbons (Fsp3) is 0.308. The van der Waals surface area contributed by atoms with E-state index in [-0.39, 0.29) is 6.04 Å². The summed E-state index contributed by atoms with van der Waals surface area (Å²) >= 11 is 0. The molecule has 0 spiro atoms. The predicted molar refractivity (Wildman–Crippen MR) is 124 cm³/mol. The van der Waals surface area contributed by atoms with Gasteiger partial charge in [0.25, 0.3) is 0 Å². The molecule has 162 valence electrons. The van der Waals surface area contributed by atoms with E-state index in [1.165, 1.54) is 24.0 Å². The second-order valence-corrected chi connectivity index (χ2v) is 8.51. The fourth-order valence-electron chi connectivity index (χ4n) is 4.66. The summed E-state index contributed by atoms with van der Waals surface area (Å²) in [5.41, 5.74) is 3.61. The first-order valence-electron chi connectivity index (χ1n) is 11.4. The maximum Gasteiger partial charge on any atom is 0.174 e. The van der Waals surface area contributed by atoms with Crippen LogP contribution in [0.15, 0.2) is 85.1 Å². The van der Waals surface area contributed by atoms with Crippen molar-refractivity contribution in [3.05, 3.63) is 108 Å². The molecule has 1 aliphatic rings. The van der Waals surface area contributed by atoms with Crippen molar-refractivity contribution >= 4 is 0 Å². The summed E-state index contributed by atoms with van der Waals surface area (Å²) in [5, 5.41) is 12.8. The van der Waals surface area contributed by atoms with Crippen LogP contribution in [0.3, 0.4) is 0 Å². The third-order valence-corrected chi connectivity index (χ3v) is 6.33. The molecular formula is C26H28N6. The van der Waals surface area contributed by atoms with Gasteiger partial charge in [0.2, 0.25) is 0 Å². The zero-order valence-electron chi connectivity index (χ0n) is 18.2. The van der Waals surface area contributed by atoms with E-state index in [9.17, 15) is 0 Å². The predicted octanol–water partition coefficient (Wildman–Crippen LogP) is 4.16. The molecule has 3 heterocycles. The van der Waals surface area contributed by atoms with Crippen molar-refractivity contribution in [2.24, 2.45) is 5.92 Å². The van der Waals surface area contributed by atoms with Gasteiger partial charge in [0.15, 0.2) is 5.82 Å². The Morgan fingerprint density at radius 3 is 2.19 bits per heavy atom. The van der Waals surface area contributed by atoms with Gasteiger partial charge in [-0.1, -0.05) is 66.7 Å². The van der Waals surface area contributed by atoms with Crippen molar-refractivity contribution in [2.45, 2.75) is 31.8 Å². The minimum absolute atomic E-state index is 0.0485. The van der Waals surface area contributed by atoms with Gasteiger partial charge < -0.3 is 0 Å². The molecule has 4 aromatic rings. The lowest BCUT2D eigenvalue weighted by molar-refractivity contribution is 0.141. The van der Waals surface area contributed by atoms with E-state index in [4.69, 9.17) is 4.98 Å². The van der Waals surface area contributed by atoms with E-state index in [0.717, 1.165) is 31.0 Å². The second-order valence-electron chi connectivity index (χ2n) is 8.51. The maximum absolute atomic E-state index is 4.69. The molecule has 32 heavy (non-hydrogen) atoms. The number of rotatable bonds is 7. The number of pyridine rings is 1. The molecule has 5 rings (SSSR count). The molecule has 1 saturated heterocycles. The van der Waals surface area contributed by atoms with Gasteiger partial charge in [-0.2, -0.15) is 0 Å². The fourth-order valence-corrected chi connectivity index (χ4v) is 4.66. The molecule has 1 unspecified atom stereocenters. The number of hydrogen-bond donors (Lipinski definition) is 0. The number of likely N-dealkylation sites (tertiary alicyclic amines) is 1. The molecular weight excluding hydrogens is 396 g/mol. The highest BCUT2D eigenvalue weighted by Crippen LogP contribution is 2.31. The molecule has 0 radical (unpaired) electrons. The van der Waals surface area contributed by atoms with Gasteiger partial charge >= 0.3 is 0 Å². The standard InChI is InChI=1S/C26H28N6/c1-3-9-21(10-4-1)19-22-14-17-31(18-15-22)25(24-13-7-8-16-27-24)26-28-29-30-32(26)20-23-11-5-2-6-12-23/h1-13,16,22,25H,14-15,17-20H2. The number of piperidine rings is 1. The smallest absolute Gasteiger partial charge is 0.174 e. The number of tetrazole rings is 1. The van der Waals surface area contributed by atoms with Crippen molar-refractivity contribution < 1.29 is 0 Å². The molecule has 0 amide bonds. The zero-order chi connectivity index (χ0) is 21.6. The van der Waals surface area contributed by atoms with Gasteiger partial charge in [-0.25, -0.2) is 4.68 Å².